The Morgan fingerprint density at radius 2 is 1.14 bits per heavy atom. The highest BCUT2D eigenvalue weighted by molar-refractivity contribution is 6.25. The molecular formula is C27H14F12O4. The first-order valence-corrected chi connectivity index (χ1v) is 11.7. The number of halogens is 12. The molecule has 0 N–H and O–H groups in total. The van der Waals surface area contributed by atoms with E-state index >= 15 is 0 Å². The van der Waals surface area contributed by atoms with E-state index in [1.807, 2.05) is 0 Å². The van der Waals surface area contributed by atoms with Crippen molar-refractivity contribution in [2.24, 2.45) is 5.41 Å². The molecule has 0 heterocycles. The van der Waals surface area contributed by atoms with Gasteiger partial charge in [0.2, 0.25) is 23.1 Å². The minimum absolute atomic E-state index is 0.0449. The summed E-state index contributed by atoms with van der Waals surface area (Å²) in [5, 5.41) is 0. The Morgan fingerprint density at radius 1 is 0.674 bits per heavy atom. The first-order chi connectivity index (χ1) is 19.5. The van der Waals surface area contributed by atoms with Crippen LogP contribution in [-0.2, 0) is 17.1 Å². The predicted octanol–water partition coefficient (Wildman–Crippen LogP) is 8.76. The Kier molecular flexibility index (Phi) is 7.51. The summed E-state index contributed by atoms with van der Waals surface area (Å²) in [7, 11) is 0. The lowest BCUT2D eigenvalue weighted by atomic mass is 9.79. The van der Waals surface area contributed by atoms with Gasteiger partial charge < -0.3 is 9.47 Å². The number of rotatable bonds is 4. The van der Waals surface area contributed by atoms with Gasteiger partial charge in [-0.1, -0.05) is 30.3 Å². The lowest BCUT2D eigenvalue weighted by Gasteiger charge is -2.34. The number of fused-ring (bicyclic) bond motifs is 1. The van der Waals surface area contributed by atoms with Crippen LogP contribution in [0.2, 0.25) is 0 Å². The fraction of sp³-hybridized carbons (Fsp3) is 0.259. The number of ketones is 2. The summed E-state index contributed by atoms with van der Waals surface area (Å²) < 4.78 is 172. The second-order valence-corrected chi connectivity index (χ2v) is 9.61. The van der Waals surface area contributed by atoms with E-state index in [9.17, 15) is 62.3 Å². The third kappa shape index (κ3) is 6.27. The fourth-order valence-corrected chi connectivity index (χ4v) is 4.18. The van der Waals surface area contributed by atoms with Crippen molar-refractivity contribution >= 4 is 11.6 Å². The molecule has 16 heteroatoms. The summed E-state index contributed by atoms with van der Waals surface area (Å²) >= 11 is 0. The van der Waals surface area contributed by atoms with E-state index in [0.717, 1.165) is 12.1 Å². The third-order valence-corrected chi connectivity index (χ3v) is 6.36. The monoisotopic (exact) mass is 630 g/mol. The largest absolute Gasteiger partial charge is 0.453 e. The third-order valence-electron chi connectivity index (χ3n) is 6.36. The maximum atomic E-state index is 13.8. The van der Waals surface area contributed by atoms with E-state index in [2.05, 4.69) is 0 Å². The fourth-order valence-electron chi connectivity index (χ4n) is 4.18. The zero-order valence-corrected chi connectivity index (χ0v) is 21.1. The summed E-state index contributed by atoms with van der Waals surface area (Å²) in [6.07, 6.45) is -22.7. The van der Waals surface area contributed by atoms with Gasteiger partial charge in [-0.05, 0) is 31.2 Å². The number of carbonyl (C=O) groups is 2. The first kappa shape index (κ1) is 31.7. The molecule has 4 rings (SSSR count). The molecule has 4 nitrogen and oxygen atoms in total. The first-order valence-electron chi connectivity index (χ1n) is 11.7. The minimum Gasteiger partial charge on any atom is -0.453 e. The van der Waals surface area contributed by atoms with Gasteiger partial charge in [0, 0.05) is 17.5 Å². The van der Waals surface area contributed by atoms with Crippen LogP contribution in [0.4, 0.5) is 52.7 Å². The molecular weight excluding hydrogens is 616 g/mol. The highest BCUT2D eigenvalue weighted by Gasteiger charge is 2.54. The quantitative estimate of drug-likeness (QED) is 0.317. The Hall–Kier alpha value is -4.24. The van der Waals surface area contributed by atoms with Crippen molar-refractivity contribution in [2.75, 3.05) is 0 Å². The van der Waals surface area contributed by atoms with E-state index in [1.165, 1.54) is 12.1 Å². The van der Waals surface area contributed by atoms with Crippen molar-refractivity contribution in [3.8, 4) is 5.75 Å². The van der Waals surface area contributed by atoms with E-state index < -0.39 is 99.0 Å². The van der Waals surface area contributed by atoms with Crippen LogP contribution in [0.5, 0.6) is 5.75 Å². The van der Waals surface area contributed by atoms with E-state index in [-0.39, 0.29) is 30.4 Å². The number of Topliss-reactive ketones (excluding diaryl/α,β-unsaturated/α-hetero) is 2. The normalized spacial score (nSPS) is 20.0. The number of hydrogen-bond donors (Lipinski definition) is 0. The molecule has 2 aliphatic rings. The second-order valence-electron chi connectivity index (χ2n) is 9.61. The van der Waals surface area contributed by atoms with Crippen LogP contribution in [-0.4, -0.2) is 23.9 Å². The molecule has 1 unspecified atom stereocenters. The standard InChI is InChI=1S/C27H14F12O4/c1-23(27(37,38)39)10-14(26(34,35)36)9-16(11-23)43-22-20(41)18-5-3-2-4-17(18)19(40)21(22)42-15-7-12(24(28,29)30)6-13(8-15)25(31,32)33/h2-10H,11H2,1H3. The highest BCUT2D eigenvalue weighted by atomic mass is 19.4. The van der Waals surface area contributed by atoms with E-state index in [1.54, 1.807) is 0 Å². The number of hydrogen-bond acceptors (Lipinski definition) is 4. The Bertz CT molecular complexity index is 1550. The molecule has 0 radical (unpaired) electrons. The van der Waals surface area contributed by atoms with Crippen LogP contribution in [0.25, 0.3) is 0 Å². The van der Waals surface area contributed by atoms with Gasteiger partial charge >= 0.3 is 24.7 Å². The second kappa shape index (κ2) is 10.2. The molecule has 0 aliphatic heterocycles. The molecule has 0 amide bonds. The van der Waals surface area contributed by atoms with Gasteiger partial charge in [0.05, 0.1) is 22.1 Å². The van der Waals surface area contributed by atoms with Gasteiger partial charge in [-0.3, -0.25) is 9.59 Å². The highest BCUT2D eigenvalue weighted by Crippen LogP contribution is 2.50. The number of carbonyl (C=O) groups excluding carboxylic acids is 2. The Labute approximate surface area is 232 Å². The zero-order valence-electron chi connectivity index (χ0n) is 21.1. The van der Waals surface area contributed by atoms with Crippen molar-refractivity contribution in [2.45, 2.75) is 38.0 Å². The van der Waals surface area contributed by atoms with Gasteiger partial charge in [-0.2, -0.15) is 52.7 Å². The SMILES string of the molecule is CC1(C(F)(F)F)C=C(C(F)(F)F)C=C(OC2=C(Oc3cc(C(F)(F)F)cc(C(F)(F)F)c3)C(=O)c3ccccc3C2=O)C1. The molecule has 0 bridgehead atoms. The molecule has 2 aromatic carbocycles. The van der Waals surface area contributed by atoms with Gasteiger partial charge in [0.1, 0.15) is 11.5 Å². The van der Waals surface area contributed by atoms with Gasteiger partial charge in [-0.25, -0.2) is 0 Å². The van der Waals surface area contributed by atoms with E-state index in [0.29, 0.717) is 6.92 Å². The minimum atomic E-state index is -5.36. The summed E-state index contributed by atoms with van der Waals surface area (Å²) in [6, 6.07) is 4.31. The van der Waals surface area contributed by atoms with Gasteiger partial charge in [0.15, 0.2) is 0 Å². The predicted molar refractivity (Wildman–Crippen MR) is 121 cm³/mol. The molecule has 0 spiro atoms. The van der Waals surface area contributed by atoms with Crippen molar-refractivity contribution in [3.05, 3.63) is 99.7 Å². The number of allylic oxidation sites excluding steroid dienone is 6. The van der Waals surface area contributed by atoms with Crippen molar-refractivity contribution < 1.29 is 71.7 Å². The van der Waals surface area contributed by atoms with Crippen molar-refractivity contribution in [1.82, 2.24) is 0 Å². The average molecular weight is 630 g/mol. The molecule has 43 heavy (non-hydrogen) atoms. The molecule has 0 fully saturated rings. The summed E-state index contributed by atoms with van der Waals surface area (Å²) in [6.45, 7) is 0.394. The summed E-state index contributed by atoms with van der Waals surface area (Å²) in [5.41, 5.74) is -9.76. The summed E-state index contributed by atoms with van der Waals surface area (Å²) in [4.78, 5) is 26.5. The molecule has 1 atom stereocenters. The van der Waals surface area contributed by atoms with Gasteiger partial charge in [-0.15, -0.1) is 0 Å². The lowest BCUT2D eigenvalue weighted by Crippen LogP contribution is -2.37. The van der Waals surface area contributed by atoms with Crippen LogP contribution in [0, 0.1) is 5.41 Å². The topological polar surface area (TPSA) is 52.6 Å². The van der Waals surface area contributed by atoms with Crippen LogP contribution in [0.3, 0.4) is 0 Å². The maximum absolute atomic E-state index is 13.8. The molecule has 0 aromatic heterocycles. The lowest BCUT2D eigenvalue weighted by molar-refractivity contribution is -0.203. The van der Waals surface area contributed by atoms with Crippen molar-refractivity contribution in [1.29, 1.82) is 0 Å². The van der Waals surface area contributed by atoms with E-state index in [4.69, 9.17) is 9.47 Å². The Balaban J connectivity index is 1.90. The van der Waals surface area contributed by atoms with Crippen LogP contribution >= 0.6 is 0 Å². The van der Waals surface area contributed by atoms with Crippen molar-refractivity contribution in [3.63, 3.8) is 0 Å². The molecule has 0 saturated heterocycles. The number of ether oxygens (including phenoxy) is 2. The van der Waals surface area contributed by atoms with Crippen LogP contribution in [0.15, 0.2) is 77.5 Å². The maximum Gasteiger partial charge on any atom is 0.416 e. The smallest absolute Gasteiger partial charge is 0.416 e. The number of alkyl halides is 12. The van der Waals surface area contributed by atoms with Gasteiger partial charge in [0.25, 0.3) is 0 Å². The summed E-state index contributed by atoms with van der Waals surface area (Å²) in [5.74, 6) is -7.87. The van der Waals surface area contributed by atoms with Crippen LogP contribution in [0.1, 0.15) is 45.2 Å². The Morgan fingerprint density at radius 3 is 1.56 bits per heavy atom. The molecule has 2 aliphatic carbocycles. The molecule has 230 valence electrons. The molecule has 2 aromatic rings. The average Bonchev–Trinajstić information content (AvgIpc) is 2.86. The molecule has 0 saturated carbocycles. The van der Waals surface area contributed by atoms with Crippen LogP contribution < -0.4 is 4.74 Å². The zero-order chi connectivity index (χ0) is 32.3. The number of benzene rings is 2.